The molecular weight excluding hydrogens is 248 g/mol. The molecule has 0 saturated carbocycles. The lowest BCUT2D eigenvalue weighted by atomic mass is 10.1. The van der Waals surface area contributed by atoms with Crippen molar-refractivity contribution in [1.82, 2.24) is 5.32 Å². The molecule has 2 N–H and O–H groups in total. The van der Waals surface area contributed by atoms with Crippen LogP contribution in [0.2, 0.25) is 0 Å². The van der Waals surface area contributed by atoms with E-state index in [4.69, 9.17) is 0 Å². The van der Waals surface area contributed by atoms with Crippen LogP contribution in [0.15, 0.2) is 48.5 Å². The summed E-state index contributed by atoms with van der Waals surface area (Å²) < 4.78 is 0. The van der Waals surface area contributed by atoms with Gasteiger partial charge in [0.25, 0.3) is 0 Å². The first-order chi connectivity index (χ1) is 9.54. The van der Waals surface area contributed by atoms with E-state index in [-0.39, 0.29) is 12.1 Å². The van der Waals surface area contributed by atoms with Gasteiger partial charge in [-0.15, -0.1) is 0 Å². The van der Waals surface area contributed by atoms with Crippen LogP contribution in [-0.2, 0) is 0 Å². The second-order valence-corrected chi connectivity index (χ2v) is 5.10. The number of amides is 2. The number of nitrogens with one attached hydrogen (secondary N) is 2. The van der Waals surface area contributed by atoms with Gasteiger partial charge in [-0.2, -0.15) is 0 Å². The number of urea groups is 1. The van der Waals surface area contributed by atoms with E-state index >= 15 is 0 Å². The van der Waals surface area contributed by atoms with Gasteiger partial charge in [-0.25, -0.2) is 4.79 Å². The summed E-state index contributed by atoms with van der Waals surface area (Å²) in [4.78, 5) is 12.0. The molecule has 0 spiro atoms. The summed E-state index contributed by atoms with van der Waals surface area (Å²) in [6, 6.07) is 15.7. The van der Waals surface area contributed by atoms with Gasteiger partial charge in [-0.1, -0.05) is 42.0 Å². The minimum atomic E-state index is -0.191. The largest absolute Gasteiger partial charge is 0.331 e. The number of carbonyl (C=O) groups is 1. The Hall–Kier alpha value is -2.29. The van der Waals surface area contributed by atoms with Gasteiger partial charge in [0, 0.05) is 5.69 Å². The highest BCUT2D eigenvalue weighted by Crippen LogP contribution is 2.14. The first-order valence-electron chi connectivity index (χ1n) is 6.75. The molecule has 2 amide bonds. The van der Waals surface area contributed by atoms with Crippen molar-refractivity contribution in [2.45, 2.75) is 26.8 Å². The molecule has 104 valence electrons. The van der Waals surface area contributed by atoms with Crippen LogP contribution >= 0.6 is 0 Å². The Morgan fingerprint density at radius 3 is 2.35 bits per heavy atom. The van der Waals surface area contributed by atoms with Gasteiger partial charge in [0.1, 0.15) is 0 Å². The second kappa shape index (κ2) is 6.24. The average Bonchev–Trinajstić information content (AvgIpc) is 2.39. The monoisotopic (exact) mass is 268 g/mol. The van der Waals surface area contributed by atoms with Gasteiger partial charge >= 0.3 is 6.03 Å². The van der Waals surface area contributed by atoms with Crippen molar-refractivity contribution in [3.8, 4) is 0 Å². The van der Waals surface area contributed by atoms with E-state index in [1.54, 1.807) is 0 Å². The van der Waals surface area contributed by atoms with Crippen molar-refractivity contribution in [1.29, 1.82) is 0 Å². The lowest BCUT2D eigenvalue weighted by Crippen LogP contribution is -2.31. The van der Waals surface area contributed by atoms with Crippen LogP contribution in [0.3, 0.4) is 0 Å². The third-order valence-corrected chi connectivity index (χ3v) is 3.20. The van der Waals surface area contributed by atoms with E-state index in [1.807, 2.05) is 69.3 Å². The zero-order valence-corrected chi connectivity index (χ0v) is 12.1. The van der Waals surface area contributed by atoms with Crippen LogP contribution < -0.4 is 10.6 Å². The van der Waals surface area contributed by atoms with Crippen LogP contribution in [-0.4, -0.2) is 6.03 Å². The lowest BCUT2D eigenvalue weighted by Gasteiger charge is -2.15. The van der Waals surface area contributed by atoms with Gasteiger partial charge in [-0.05, 0) is 44.0 Å². The van der Waals surface area contributed by atoms with Crippen molar-refractivity contribution in [3.63, 3.8) is 0 Å². The highest BCUT2D eigenvalue weighted by Gasteiger charge is 2.09. The minimum absolute atomic E-state index is 0.0274. The summed E-state index contributed by atoms with van der Waals surface area (Å²) in [7, 11) is 0. The van der Waals surface area contributed by atoms with Gasteiger partial charge in [0.05, 0.1) is 6.04 Å². The number of anilines is 1. The molecule has 0 bridgehead atoms. The van der Waals surface area contributed by atoms with Crippen molar-refractivity contribution in [3.05, 3.63) is 65.2 Å². The van der Waals surface area contributed by atoms with Crippen molar-refractivity contribution < 1.29 is 4.79 Å². The summed E-state index contributed by atoms with van der Waals surface area (Å²) in [6.45, 7) is 6.02. The molecule has 0 aromatic heterocycles. The highest BCUT2D eigenvalue weighted by molar-refractivity contribution is 5.89. The molecule has 1 unspecified atom stereocenters. The predicted octanol–water partition coefficient (Wildman–Crippen LogP) is 4.19. The molecule has 2 aromatic carbocycles. The number of rotatable bonds is 3. The minimum Gasteiger partial charge on any atom is -0.331 e. The van der Waals surface area contributed by atoms with Crippen LogP contribution in [0.25, 0.3) is 0 Å². The fraction of sp³-hybridized carbons (Fsp3) is 0.235. The molecule has 0 heterocycles. The molecule has 3 heteroatoms. The van der Waals surface area contributed by atoms with Crippen LogP contribution in [0, 0.1) is 13.8 Å². The number of carbonyl (C=O) groups excluding carboxylic acids is 1. The first kappa shape index (κ1) is 14.1. The van der Waals surface area contributed by atoms with Gasteiger partial charge in [0.15, 0.2) is 0 Å². The maximum atomic E-state index is 12.0. The Morgan fingerprint density at radius 2 is 1.70 bits per heavy atom. The zero-order valence-electron chi connectivity index (χ0n) is 12.1. The maximum Gasteiger partial charge on any atom is 0.319 e. The lowest BCUT2D eigenvalue weighted by molar-refractivity contribution is 0.249. The van der Waals surface area contributed by atoms with Crippen molar-refractivity contribution >= 4 is 11.7 Å². The Balaban J connectivity index is 1.95. The molecule has 2 aromatic rings. The highest BCUT2D eigenvalue weighted by atomic mass is 16.2. The van der Waals surface area contributed by atoms with Gasteiger partial charge in [-0.3, -0.25) is 0 Å². The quantitative estimate of drug-likeness (QED) is 0.861. The molecule has 0 saturated heterocycles. The second-order valence-electron chi connectivity index (χ2n) is 5.10. The molecule has 2 rings (SSSR count). The summed E-state index contributed by atoms with van der Waals surface area (Å²) >= 11 is 0. The molecule has 3 nitrogen and oxygen atoms in total. The Morgan fingerprint density at radius 1 is 1.00 bits per heavy atom. The molecule has 0 fully saturated rings. The Bertz CT molecular complexity index is 590. The Kier molecular flexibility index (Phi) is 4.41. The van der Waals surface area contributed by atoms with E-state index < -0.39 is 0 Å². The topological polar surface area (TPSA) is 41.1 Å². The summed E-state index contributed by atoms with van der Waals surface area (Å²) in [5.41, 5.74) is 4.23. The molecule has 20 heavy (non-hydrogen) atoms. The number of aryl methyl sites for hydroxylation is 2. The molecule has 1 atom stereocenters. The van der Waals surface area contributed by atoms with Crippen LogP contribution in [0.5, 0.6) is 0 Å². The van der Waals surface area contributed by atoms with Crippen LogP contribution in [0.4, 0.5) is 10.5 Å². The fourth-order valence-corrected chi connectivity index (χ4v) is 2.03. The van der Waals surface area contributed by atoms with Crippen molar-refractivity contribution in [2.24, 2.45) is 0 Å². The summed E-state index contributed by atoms with van der Waals surface area (Å²) in [5.74, 6) is 0. The molecule has 0 radical (unpaired) electrons. The molecule has 0 aliphatic rings. The van der Waals surface area contributed by atoms with Crippen molar-refractivity contribution in [2.75, 3.05) is 5.32 Å². The first-order valence-corrected chi connectivity index (χ1v) is 6.75. The van der Waals surface area contributed by atoms with E-state index in [0.717, 1.165) is 16.8 Å². The van der Waals surface area contributed by atoms with Gasteiger partial charge < -0.3 is 10.6 Å². The zero-order chi connectivity index (χ0) is 14.5. The Labute approximate surface area is 120 Å². The van der Waals surface area contributed by atoms with E-state index in [9.17, 15) is 4.79 Å². The maximum absolute atomic E-state index is 12.0. The fourth-order valence-electron chi connectivity index (χ4n) is 2.03. The number of benzene rings is 2. The molecule has 0 aliphatic heterocycles. The predicted molar refractivity (Wildman–Crippen MR) is 82.9 cm³/mol. The summed E-state index contributed by atoms with van der Waals surface area (Å²) in [5, 5.41) is 5.78. The van der Waals surface area contributed by atoms with E-state index in [1.165, 1.54) is 5.56 Å². The molecule has 0 aliphatic carbocycles. The van der Waals surface area contributed by atoms with E-state index in [2.05, 4.69) is 10.6 Å². The normalized spacial score (nSPS) is 11.8. The number of hydrogen-bond donors (Lipinski definition) is 2. The van der Waals surface area contributed by atoms with E-state index in [0.29, 0.717) is 0 Å². The van der Waals surface area contributed by atoms with Gasteiger partial charge in [0.2, 0.25) is 0 Å². The van der Waals surface area contributed by atoms with Crippen LogP contribution in [0.1, 0.15) is 29.7 Å². The molecular formula is C17H20N2O. The third-order valence-electron chi connectivity index (χ3n) is 3.20. The average molecular weight is 268 g/mol. The SMILES string of the molecule is Cc1ccc(C(C)NC(=O)Nc2cccc(C)c2)cc1. The number of hydrogen-bond acceptors (Lipinski definition) is 1. The smallest absolute Gasteiger partial charge is 0.319 e. The third kappa shape index (κ3) is 3.85. The summed E-state index contributed by atoms with van der Waals surface area (Å²) in [6.07, 6.45) is 0. The standard InChI is InChI=1S/C17H20N2O/c1-12-7-9-15(10-8-12)14(3)18-17(20)19-16-6-4-5-13(2)11-16/h4-11,14H,1-3H3,(H2,18,19,20).